The van der Waals surface area contributed by atoms with Crippen molar-refractivity contribution >= 4 is 27.4 Å². The van der Waals surface area contributed by atoms with Crippen molar-refractivity contribution in [3.63, 3.8) is 0 Å². The minimum Gasteiger partial charge on any atom is -0.481 e. The Hall–Kier alpha value is -1.11. The lowest BCUT2D eigenvalue weighted by Crippen LogP contribution is -2.28. The Labute approximate surface area is 122 Å². The minimum atomic E-state index is -3.58. The van der Waals surface area contributed by atoms with Gasteiger partial charge in [0.25, 0.3) is 0 Å². The highest BCUT2D eigenvalue weighted by Crippen LogP contribution is 2.63. The monoisotopic (exact) mass is 318 g/mol. The quantitative estimate of drug-likeness (QED) is 0.854. The maximum absolute atomic E-state index is 12.1. The molecule has 110 valence electrons. The number of rotatable bonds is 5. The number of carboxylic acid groups (broad SMARTS) is 1. The molecule has 0 heterocycles. The molecule has 20 heavy (non-hydrogen) atoms. The Balaban J connectivity index is 2.54. The third-order valence-corrected chi connectivity index (χ3v) is 6.42. The van der Waals surface area contributed by atoms with E-state index in [9.17, 15) is 23.4 Å². The molecule has 7 heteroatoms. The molecule has 0 saturated heterocycles. The van der Waals surface area contributed by atoms with Crippen molar-refractivity contribution in [2.24, 2.45) is 5.41 Å². The van der Waals surface area contributed by atoms with E-state index in [-0.39, 0.29) is 5.75 Å². The summed E-state index contributed by atoms with van der Waals surface area (Å²) in [5, 5.41) is 18.1. The van der Waals surface area contributed by atoms with Crippen LogP contribution in [-0.4, -0.2) is 42.2 Å². The lowest BCUT2D eigenvalue weighted by molar-refractivity contribution is -0.145. The zero-order valence-corrected chi connectivity index (χ0v) is 12.4. The third-order valence-electron chi connectivity index (χ3n) is 3.91. The van der Waals surface area contributed by atoms with Gasteiger partial charge in [0.1, 0.15) is 5.41 Å². The number of carboxylic acids is 1. The summed E-state index contributed by atoms with van der Waals surface area (Å²) in [5.74, 6) is -2.23. The molecule has 0 radical (unpaired) electrons. The molecule has 0 amide bonds. The average molecular weight is 319 g/mol. The number of aliphatic hydroxyl groups excluding tert-OH is 1. The van der Waals surface area contributed by atoms with E-state index in [2.05, 4.69) is 0 Å². The lowest BCUT2D eigenvalue weighted by atomic mass is 10.0. The van der Waals surface area contributed by atoms with Crippen molar-refractivity contribution in [1.82, 2.24) is 0 Å². The summed E-state index contributed by atoms with van der Waals surface area (Å²) in [6, 6.07) is 6.44. The number of sulfone groups is 1. The molecule has 2 N–H and O–H groups in total. The lowest BCUT2D eigenvalue weighted by Gasteiger charge is -2.08. The topological polar surface area (TPSA) is 91.7 Å². The van der Waals surface area contributed by atoms with Crippen LogP contribution in [0.2, 0.25) is 5.02 Å². The van der Waals surface area contributed by atoms with E-state index in [4.69, 9.17) is 11.6 Å². The summed E-state index contributed by atoms with van der Waals surface area (Å²) >= 11 is 5.87. The molecule has 0 unspecified atom stereocenters. The largest absolute Gasteiger partial charge is 0.481 e. The minimum absolute atomic E-state index is 0.163. The fourth-order valence-electron chi connectivity index (χ4n) is 2.79. The predicted molar refractivity (Wildman–Crippen MR) is 74.6 cm³/mol. The van der Waals surface area contributed by atoms with Gasteiger partial charge >= 0.3 is 5.97 Å². The smallest absolute Gasteiger partial charge is 0.314 e. The Morgan fingerprint density at radius 3 is 2.55 bits per heavy atom. The van der Waals surface area contributed by atoms with E-state index in [1.807, 2.05) is 0 Å². The van der Waals surface area contributed by atoms with Crippen LogP contribution in [0.3, 0.4) is 0 Å². The van der Waals surface area contributed by atoms with Crippen LogP contribution < -0.4 is 0 Å². The maximum Gasteiger partial charge on any atom is 0.314 e. The highest BCUT2D eigenvalue weighted by Gasteiger charge is 2.75. The molecule has 2 rings (SSSR count). The van der Waals surface area contributed by atoms with Gasteiger partial charge in [-0.15, -0.1) is 0 Å². The van der Waals surface area contributed by atoms with E-state index in [1.165, 1.54) is 6.92 Å². The van der Waals surface area contributed by atoms with Crippen molar-refractivity contribution < 1.29 is 23.4 Å². The summed E-state index contributed by atoms with van der Waals surface area (Å²) in [7, 11) is -3.58. The van der Waals surface area contributed by atoms with Gasteiger partial charge in [-0.05, 0) is 17.7 Å². The first-order valence-corrected chi connectivity index (χ1v) is 8.22. The normalized spacial score (nSPS) is 29.1. The van der Waals surface area contributed by atoms with Crippen LogP contribution in [0.25, 0.3) is 0 Å². The number of hydrogen-bond donors (Lipinski definition) is 2. The number of aliphatic carboxylic acids is 1. The van der Waals surface area contributed by atoms with Gasteiger partial charge in [0.05, 0.1) is 11.9 Å². The summed E-state index contributed by atoms with van der Waals surface area (Å²) in [4.78, 5) is 11.5. The zero-order chi connectivity index (χ0) is 15.1. The summed E-state index contributed by atoms with van der Waals surface area (Å²) in [6.07, 6.45) is 0. The van der Waals surface area contributed by atoms with Crippen molar-refractivity contribution in [2.75, 3.05) is 12.4 Å². The van der Waals surface area contributed by atoms with E-state index in [0.717, 1.165) is 0 Å². The molecule has 1 saturated carbocycles. The highest BCUT2D eigenvalue weighted by molar-refractivity contribution is 7.92. The fraction of sp³-hybridized carbons (Fsp3) is 0.462. The zero-order valence-electron chi connectivity index (χ0n) is 10.8. The predicted octanol–water partition coefficient (Wildman–Crippen LogP) is 1.30. The van der Waals surface area contributed by atoms with Gasteiger partial charge in [-0.3, -0.25) is 4.79 Å². The van der Waals surface area contributed by atoms with Crippen LogP contribution in [-0.2, 0) is 14.6 Å². The molecular formula is C13H15ClO5S. The van der Waals surface area contributed by atoms with Crippen LogP contribution in [0.5, 0.6) is 0 Å². The number of halogens is 1. The molecule has 1 aromatic rings. The van der Waals surface area contributed by atoms with Crippen LogP contribution >= 0.6 is 11.6 Å². The Morgan fingerprint density at radius 1 is 1.45 bits per heavy atom. The number of benzene rings is 1. The summed E-state index contributed by atoms with van der Waals surface area (Å²) in [6.45, 7) is 0.746. The van der Waals surface area contributed by atoms with Gasteiger partial charge in [0.15, 0.2) is 9.84 Å². The molecule has 0 spiro atoms. The fourth-order valence-corrected chi connectivity index (χ4v) is 5.05. The van der Waals surface area contributed by atoms with Gasteiger partial charge in [-0.25, -0.2) is 8.42 Å². The molecule has 0 bridgehead atoms. The summed E-state index contributed by atoms with van der Waals surface area (Å²) < 4.78 is 24.2. The molecule has 1 aliphatic carbocycles. The van der Waals surface area contributed by atoms with E-state index in [1.54, 1.807) is 24.3 Å². The molecule has 1 fully saturated rings. The van der Waals surface area contributed by atoms with Gasteiger partial charge in [-0.1, -0.05) is 30.7 Å². The standard InChI is InChI=1S/C13H15ClO5S/c1-2-20(18,19)11-10(13(11,7-15)12(16)17)8-4-3-5-9(14)6-8/h3-6,10-11,15H,2,7H2,1H3,(H,16,17)/t10-,11+,13-/m0/s1. The number of carbonyl (C=O) groups is 1. The first-order chi connectivity index (χ1) is 9.31. The molecular weight excluding hydrogens is 304 g/mol. The highest BCUT2D eigenvalue weighted by atomic mass is 35.5. The van der Waals surface area contributed by atoms with E-state index >= 15 is 0 Å². The number of aliphatic hydroxyl groups is 1. The molecule has 1 aromatic carbocycles. The van der Waals surface area contributed by atoms with Gasteiger partial charge in [0.2, 0.25) is 0 Å². The van der Waals surface area contributed by atoms with Crippen LogP contribution in [0.4, 0.5) is 0 Å². The van der Waals surface area contributed by atoms with Crippen molar-refractivity contribution in [3.8, 4) is 0 Å². The molecule has 0 aromatic heterocycles. The molecule has 5 nitrogen and oxygen atoms in total. The second-order valence-electron chi connectivity index (χ2n) is 4.91. The number of hydrogen-bond acceptors (Lipinski definition) is 4. The Bertz CT molecular complexity index is 642. The summed E-state index contributed by atoms with van der Waals surface area (Å²) in [5.41, 5.74) is -1.14. The average Bonchev–Trinajstić information content (AvgIpc) is 3.10. The van der Waals surface area contributed by atoms with Crippen LogP contribution in [0.1, 0.15) is 18.4 Å². The van der Waals surface area contributed by atoms with E-state index in [0.29, 0.717) is 10.6 Å². The second-order valence-corrected chi connectivity index (χ2v) is 7.76. The van der Waals surface area contributed by atoms with Crippen molar-refractivity contribution in [1.29, 1.82) is 0 Å². The first-order valence-electron chi connectivity index (χ1n) is 6.12. The van der Waals surface area contributed by atoms with Crippen molar-refractivity contribution in [2.45, 2.75) is 18.1 Å². The first kappa shape index (κ1) is 15.3. The molecule has 1 aliphatic rings. The third kappa shape index (κ3) is 2.12. The second kappa shape index (κ2) is 5.02. The van der Waals surface area contributed by atoms with Crippen molar-refractivity contribution in [3.05, 3.63) is 34.9 Å². The van der Waals surface area contributed by atoms with Gasteiger partial charge < -0.3 is 10.2 Å². The Kier molecular flexibility index (Phi) is 3.83. The van der Waals surface area contributed by atoms with Gasteiger partial charge in [0, 0.05) is 16.7 Å². The van der Waals surface area contributed by atoms with Gasteiger partial charge in [-0.2, -0.15) is 0 Å². The van der Waals surface area contributed by atoms with Crippen LogP contribution in [0.15, 0.2) is 24.3 Å². The maximum atomic E-state index is 12.1. The molecule has 3 atom stereocenters. The SMILES string of the molecule is CCS(=O)(=O)[C@@H]1[C@H](c2cccc(Cl)c2)[C@]1(CO)C(=O)O. The molecule has 0 aliphatic heterocycles. The van der Waals surface area contributed by atoms with Crippen LogP contribution in [0, 0.1) is 5.41 Å². The Morgan fingerprint density at radius 2 is 2.10 bits per heavy atom. The van der Waals surface area contributed by atoms with E-state index < -0.39 is 39.0 Å².